The summed E-state index contributed by atoms with van der Waals surface area (Å²) in [5.74, 6) is 1.42. The normalized spacial score (nSPS) is 19.9. The van der Waals surface area contributed by atoms with Crippen molar-refractivity contribution >= 4 is 23.8 Å². The quantitative estimate of drug-likeness (QED) is 0.533. The molecule has 0 aromatic carbocycles. The second-order valence-corrected chi connectivity index (χ2v) is 6.67. The van der Waals surface area contributed by atoms with E-state index in [9.17, 15) is 9.59 Å². The Morgan fingerprint density at radius 2 is 2.33 bits per heavy atom. The van der Waals surface area contributed by atoms with Crippen molar-refractivity contribution in [2.75, 3.05) is 31.1 Å². The average Bonchev–Trinajstić information content (AvgIpc) is 2.46. The van der Waals surface area contributed by atoms with Crippen molar-refractivity contribution in [1.82, 2.24) is 10.2 Å². The minimum atomic E-state index is -0.761. The molecule has 120 valence electrons. The van der Waals surface area contributed by atoms with Gasteiger partial charge in [-0.15, -0.1) is 6.58 Å². The summed E-state index contributed by atoms with van der Waals surface area (Å²) in [6, 6.07) is -0.0265. The largest absolute Gasteiger partial charge is 0.481 e. The molecule has 6 heteroatoms. The Hall–Kier alpha value is -1.17. The molecule has 1 rings (SSSR count). The number of amides is 2. The number of nitrogens with one attached hydrogen (secondary N) is 1. The highest BCUT2D eigenvalue weighted by Gasteiger charge is 2.28. The molecule has 0 spiro atoms. The molecule has 1 saturated heterocycles. The van der Waals surface area contributed by atoms with Crippen LogP contribution in [0.2, 0.25) is 0 Å². The van der Waals surface area contributed by atoms with Crippen molar-refractivity contribution < 1.29 is 14.7 Å². The van der Waals surface area contributed by atoms with Crippen LogP contribution >= 0.6 is 11.8 Å². The van der Waals surface area contributed by atoms with Crippen LogP contribution in [0.25, 0.3) is 0 Å². The zero-order valence-electron chi connectivity index (χ0n) is 12.7. The number of hydrogen-bond donors (Lipinski definition) is 2. The Kier molecular flexibility index (Phi) is 8.27. The smallest absolute Gasteiger partial charge is 0.317 e. The van der Waals surface area contributed by atoms with E-state index in [1.54, 1.807) is 11.8 Å². The Bertz CT molecular complexity index is 363. The van der Waals surface area contributed by atoms with Crippen molar-refractivity contribution in [1.29, 1.82) is 0 Å². The summed E-state index contributed by atoms with van der Waals surface area (Å²) in [6.45, 7) is 7.71. The first kappa shape index (κ1) is 17.9. The SMILES string of the molecule is C=CCSCCNC(=O)N1CCCC(C(C)CC(=O)O)C1. The highest BCUT2D eigenvalue weighted by molar-refractivity contribution is 7.99. The monoisotopic (exact) mass is 314 g/mol. The molecule has 0 aliphatic carbocycles. The van der Waals surface area contributed by atoms with Crippen LogP contribution in [0.1, 0.15) is 26.2 Å². The van der Waals surface area contributed by atoms with Crippen LogP contribution in [0.4, 0.5) is 4.79 Å². The molecule has 0 bridgehead atoms. The summed E-state index contributed by atoms with van der Waals surface area (Å²) in [5.41, 5.74) is 0. The minimum absolute atomic E-state index is 0.0265. The summed E-state index contributed by atoms with van der Waals surface area (Å²) in [7, 11) is 0. The zero-order valence-corrected chi connectivity index (χ0v) is 13.5. The van der Waals surface area contributed by atoms with Crippen molar-refractivity contribution in [3.63, 3.8) is 0 Å². The lowest BCUT2D eigenvalue weighted by molar-refractivity contribution is -0.138. The van der Waals surface area contributed by atoms with Gasteiger partial charge in [0, 0.05) is 37.6 Å². The van der Waals surface area contributed by atoms with Gasteiger partial charge in [0.25, 0.3) is 0 Å². The van der Waals surface area contributed by atoms with Crippen LogP contribution in [0.3, 0.4) is 0 Å². The molecule has 2 atom stereocenters. The molecular formula is C15H26N2O3S. The molecule has 0 radical (unpaired) electrons. The van der Waals surface area contributed by atoms with E-state index in [-0.39, 0.29) is 24.3 Å². The summed E-state index contributed by atoms with van der Waals surface area (Å²) in [4.78, 5) is 24.7. The van der Waals surface area contributed by atoms with E-state index < -0.39 is 5.97 Å². The van der Waals surface area contributed by atoms with Gasteiger partial charge in [0.2, 0.25) is 0 Å². The number of hydrogen-bond acceptors (Lipinski definition) is 3. The van der Waals surface area contributed by atoms with Gasteiger partial charge in [0.1, 0.15) is 0 Å². The number of aliphatic carboxylic acids is 1. The molecule has 21 heavy (non-hydrogen) atoms. The summed E-state index contributed by atoms with van der Waals surface area (Å²) < 4.78 is 0. The number of urea groups is 1. The molecule has 0 aromatic rings. The fraction of sp³-hybridized carbons (Fsp3) is 0.733. The van der Waals surface area contributed by atoms with Crippen molar-refractivity contribution in [2.24, 2.45) is 11.8 Å². The summed E-state index contributed by atoms with van der Waals surface area (Å²) in [6.07, 6.45) is 3.99. The second-order valence-electron chi connectivity index (χ2n) is 5.52. The Morgan fingerprint density at radius 3 is 3.00 bits per heavy atom. The van der Waals surface area contributed by atoms with Gasteiger partial charge in [-0.3, -0.25) is 4.79 Å². The summed E-state index contributed by atoms with van der Waals surface area (Å²) in [5, 5.41) is 11.8. The number of carboxylic acids is 1. The molecule has 0 saturated carbocycles. The van der Waals surface area contributed by atoms with Gasteiger partial charge in [-0.2, -0.15) is 11.8 Å². The third-order valence-corrected chi connectivity index (χ3v) is 4.77. The van der Waals surface area contributed by atoms with Crippen LogP contribution in [0, 0.1) is 11.8 Å². The molecule has 2 amide bonds. The maximum atomic E-state index is 12.1. The second kappa shape index (κ2) is 9.71. The molecule has 2 N–H and O–H groups in total. The molecule has 5 nitrogen and oxygen atoms in total. The van der Waals surface area contributed by atoms with Gasteiger partial charge in [-0.1, -0.05) is 13.0 Å². The number of rotatable bonds is 8. The molecule has 0 aromatic heterocycles. The van der Waals surface area contributed by atoms with E-state index >= 15 is 0 Å². The molecule has 1 aliphatic heterocycles. The molecule has 1 aliphatic rings. The average molecular weight is 314 g/mol. The Morgan fingerprint density at radius 1 is 1.57 bits per heavy atom. The first-order valence-corrected chi connectivity index (χ1v) is 8.63. The number of carbonyl (C=O) groups excluding carboxylic acids is 1. The van der Waals surface area contributed by atoms with Gasteiger partial charge >= 0.3 is 12.0 Å². The molecule has 1 fully saturated rings. The zero-order chi connectivity index (χ0) is 15.7. The highest BCUT2D eigenvalue weighted by Crippen LogP contribution is 2.26. The number of carbonyl (C=O) groups is 2. The van der Waals surface area contributed by atoms with Crippen LogP contribution in [-0.4, -0.2) is 53.1 Å². The number of nitrogens with zero attached hydrogens (tertiary/aromatic N) is 1. The fourth-order valence-corrected chi connectivity index (χ4v) is 3.19. The lowest BCUT2D eigenvalue weighted by Gasteiger charge is -2.35. The Balaban J connectivity index is 2.32. The molecule has 2 unspecified atom stereocenters. The van der Waals surface area contributed by atoms with E-state index in [2.05, 4.69) is 11.9 Å². The van der Waals surface area contributed by atoms with E-state index in [1.165, 1.54) is 0 Å². The van der Waals surface area contributed by atoms with Gasteiger partial charge < -0.3 is 15.3 Å². The fourth-order valence-electron chi connectivity index (χ4n) is 2.61. The third kappa shape index (κ3) is 6.89. The summed E-state index contributed by atoms with van der Waals surface area (Å²) >= 11 is 1.74. The van der Waals surface area contributed by atoms with Crippen LogP contribution in [0.5, 0.6) is 0 Å². The predicted molar refractivity (Wildman–Crippen MR) is 86.6 cm³/mol. The highest BCUT2D eigenvalue weighted by atomic mass is 32.2. The Labute approximate surface area is 131 Å². The lowest BCUT2D eigenvalue weighted by Crippen LogP contribution is -2.47. The minimum Gasteiger partial charge on any atom is -0.481 e. The number of likely N-dealkylation sites (tertiary alicyclic amines) is 1. The van der Waals surface area contributed by atoms with Crippen molar-refractivity contribution in [3.05, 3.63) is 12.7 Å². The van der Waals surface area contributed by atoms with Crippen LogP contribution in [-0.2, 0) is 4.79 Å². The maximum absolute atomic E-state index is 12.1. The third-order valence-electron chi connectivity index (χ3n) is 3.80. The topological polar surface area (TPSA) is 69.6 Å². The van der Waals surface area contributed by atoms with Gasteiger partial charge in [0.15, 0.2) is 0 Å². The van der Waals surface area contributed by atoms with Crippen molar-refractivity contribution in [2.45, 2.75) is 26.2 Å². The number of carboxylic acid groups (broad SMARTS) is 1. The molecule has 1 heterocycles. The van der Waals surface area contributed by atoms with E-state index in [0.717, 1.165) is 30.9 Å². The van der Waals surface area contributed by atoms with E-state index in [4.69, 9.17) is 5.11 Å². The maximum Gasteiger partial charge on any atom is 0.317 e. The van der Waals surface area contributed by atoms with Crippen LogP contribution < -0.4 is 5.32 Å². The van der Waals surface area contributed by atoms with Gasteiger partial charge in [0.05, 0.1) is 0 Å². The van der Waals surface area contributed by atoms with Crippen LogP contribution in [0.15, 0.2) is 12.7 Å². The number of thioether (sulfide) groups is 1. The van der Waals surface area contributed by atoms with E-state index in [0.29, 0.717) is 13.1 Å². The standard InChI is InChI=1S/C15H26N2O3S/c1-3-8-21-9-6-16-15(20)17-7-4-5-13(11-17)12(2)10-14(18)19/h3,12-13H,1,4-11H2,2H3,(H,16,20)(H,18,19). The first-order chi connectivity index (χ1) is 10.0. The number of piperidine rings is 1. The first-order valence-electron chi connectivity index (χ1n) is 7.47. The van der Waals surface area contributed by atoms with Gasteiger partial charge in [-0.05, 0) is 24.7 Å². The van der Waals surface area contributed by atoms with E-state index in [1.807, 2.05) is 17.9 Å². The predicted octanol–water partition coefficient (Wildman–Crippen LogP) is 2.44. The van der Waals surface area contributed by atoms with Crippen molar-refractivity contribution in [3.8, 4) is 0 Å². The molecular weight excluding hydrogens is 288 g/mol. The lowest BCUT2D eigenvalue weighted by atomic mass is 9.85. The van der Waals surface area contributed by atoms with Gasteiger partial charge in [-0.25, -0.2) is 4.79 Å².